The van der Waals surface area contributed by atoms with Crippen molar-refractivity contribution in [3.05, 3.63) is 47.5 Å². The highest BCUT2D eigenvalue weighted by atomic mass is 16.1. The molecule has 0 aliphatic heterocycles. The van der Waals surface area contributed by atoms with E-state index in [1.807, 2.05) is 13.0 Å². The summed E-state index contributed by atoms with van der Waals surface area (Å²) in [5, 5.41) is 2.80. The van der Waals surface area contributed by atoms with Crippen molar-refractivity contribution in [1.29, 1.82) is 0 Å². The molecule has 2 aromatic heterocycles. The molecule has 5 heteroatoms. The van der Waals surface area contributed by atoms with Crippen molar-refractivity contribution >= 4 is 11.6 Å². The zero-order valence-electron chi connectivity index (χ0n) is 9.53. The van der Waals surface area contributed by atoms with Gasteiger partial charge in [0.1, 0.15) is 5.69 Å². The molecule has 0 aromatic carbocycles. The zero-order valence-corrected chi connectivity index (χ0v) is 9.53. The molecule has 2 aromatic rings. The molecule has 0 unspecified atom stereocenters. The van der Waals surface area contributed by atoms with Crippen LogP contribution in [0.25, 0.3) is 0 Å². The maximum Gasteiger partial charge on any atom is 0.268 e. The minimum absolute atomic E-state index is 0.176. The number of aryl methyl sites for hydroxylation is 1. The average Bonchev–Trinajstić information content (AvgIpc) is 2.74. The molecule has 0 bridgehead atoms. The van der Waals surface area contributed by atoms with Crippen LogP contribution in [0.15, 0.2) is 30.7 Å². The predicted molar refractivity (Wildman–Crippen MR) is 65.3 cm³/mol. The third-order valence-electron chi connectivity index (χ3n) is 2.54. The third-order valence-corrected chi connectivity index (χ3v) is 2.54. The molecule has 1 amide bonds. The summed E-state index contributed by atoms with van der Waals surface area (Å²) in [7, 11) is 0. The SMILES string of the molecule is Cc1ccncc1CNC(=O)c1cc(N)c[nH]1. The first-order valence-corrected chi connectivity index (χ1v) is 5.28. The Morgan fingerprint density at radius 3 is 3.06 bits per heavy atom. The Morgan fingerprint density at radius 1 is 1.59 bits per heavy atom. The minimum Gasteiger partial charge on any atom is -0.397 e. The second kappa shape index (κ2) is 4.69. The van der Waals surface area contributed by atoms with Gasteiger partial charge in [-0.1, -0.05) is 0 Å². The molecule has 0 saturated carbocycles. The second-order valence-corrected chi connectivity index (χ2v) is 3.83. The van der Waals surface area contributed by atoms with Gasteiger partial charge in [0.2, 0.25) is 0 Å². The number of hydrogen-bond acceptors (Lipinski definition) is 3. The van der Waals surface area contributed by atoms with Gasteiger partial charge in [-0.15, -0.1) is 0 Å². The first-order chi connectivity index (χ1) is 8.16. The van der Waals surface area contributed by atoms with Crippen molar-refractivity contribution in [3.8, 4) is 0 Å². The fourth-order valence-electron chi connectivity index (χ4n) is 1.49. The third kappa shape index (κ3) is 2.63. The summed E-state index contributed by atoms with van der Waals surface area (Å²) >= 11 is 0. The molecule has 5 nitrogen and oxygen atoms in total. The number of carbonyl (C=O) groups is 1. The Morgan fingerprint density at radius 2 is 2.41 bits per heavy atom. The molecule has 2 heterocycles. The number of hydrogen-bond donors (Lipinski definition) is 3. The molecule has 0 radical (unpaired) electrons. The van der Waals surface area contributed by atoms with E-state index in [0.29, 0.717) is 17.9 Å². The minimum atomic E-state index is -0.176. The summed E-state index contributed by atoms with van der Waals surface area (Å²) < 4.78 is 0. The quantitative estimate of drug-likeness (QED) is 0.741. The lowest BCUT2D eigenvalue weighted by molar-refractivity contribution is 0.0946. The lowest BCUT2D eigenvalue weighted by Gasteiger charge is -2.06. The maximum absolute atomic E-state index is 11.7. The molecule has 88 valence electrons. The Bertz CT molecular complexity index is 533. The van der Waals surface area contributed by atoms with Crippen molar-refractivity contribution in [3.63, 3.8) is 0 Å². The van der Waals surface area contributed by atoms with E-state index in [1.165, 1.54) is 0 Å². The normalized spacial score (nSPS) is 10.2. The number of nitrogen functional groups attached to an aromatic ring is 1. The van der Waals surface area contributed by atoms with E-state index in [9.17, 15) is 4.79 Å². The van der Waals surface area contributed by atoms with Crippen LogP contribution in [0.1, 0.15) is 21.6 Å². The molecular formula is C12H14N4O. The number of nitrogens with two attached hydrogens (primary N) is 1. The van der Waals surface area contributed by atoms with Crippen LogP contribution in [0.3, 0.4) is 0 Å². The first-order valence-electron chi connectivity index (χ1n) is 5.28. The van der Waals surface area contributed by atoms with E-state index in [-0.39, 0.29) is 5.91 Å². The summed E-state index contributed by atoms with van der Waals surface area (Å²) in [4.78, 5) is 18.5. The van der Waals surface area contributed by atoms with Crippen LogP contribution in [0.5, 0.6) is 0 Å². The van der Waals surface area contributed by atoms with Crippen molar-refractivity contribution in [2.24, 2.45) is 0 Å². The number of nitrogens with one attached hydrogen (secondary N) is 2. The van der Waals surface area contributed by atoms with Gasteiger partial charge in [0.05, 0.1) is 0 Å². The number of rotatable bonds is 3. The van der Waals surface area contributed by atoms with Gasteiger partial charge >= 0.3 is 0 Å². The van der Waals surface area contributed by atoms with Gasteiger partial charge in [-0.3, -0.25) is 9.78 Å². The molecule has 0 aliphatic carbocycles. The van der Waals surface area contributed by atoms with E-state index < -0.39 is 0 Å². The van der Waals surface area contributed by atoms with Crippen molar-refractivity contribution in [2.45, 2.75) is 13.5 Å². The molecule has 0 aliphatic rings. The molecular weight excluding hydrogens is 216 g/mol. The van der Waals surface area contributed by atoms with Crippen LogP contribution in [-0.2, 0) is 6.54 Å². The van der Waals surface area contributed by atoms with Gasteiger partial charge in [0, 0.05) is 30.8 Å². The predicted octanol–water partition coefficient (Wildman–Crippen LogP) is 1.23. The number of carbonyl (C=O) groups excluding carboxylic acids is 1. The topological polar surface area (TPSA) is 83.8 Å². The summed E-state index contributed by atoms with van der Waals surface area (Å²) in [6, 6.07) is 3.51. The van der Waals surface area contributed by atoms with Gasteiger partial charge in [-0.05, 0) is 30.2 Å². The Balaban J connectivity index is 1.99. The highest BCUT2D eigenvalue weighted by molar-refractivity contribution is 5.93. The Kier molecular flexibility index (Phi) is 3.09. The summed E-state index contributed by atoms with van der Waals surface area (Å²) in [6.07, 6.45) is 5.06. The van der Waals surface area contributed by atoms with E-state index in [2.05, 4.69) is 15.3 Å². The average molecular weight is 230 g/mol. The highest BCUT2D eigenvalue weighted by Gasteiger charge is 2.07. The van der Waals surface area contributed by atoms with Crippen LogP contribution in [0.4, 0.5) is 5.69 Å². The van der Waals surface area contributed by atoms with Gasteiger partial charge in [-0.2, -0.15) is 0 Å². The van der Waals surface area contributed by atoms with Crippen LogP contribution < -0.4 is 11.1 Å². The molecule has 0 fully saturated rings. The second-order valence-electron chi connectivity index (χ2n) is 3.83. The van der Waals surface area contributed by atoms with Crippen LogP contribution in [0, 0.1) is 6.92 Å². The van der Waals surface area contributed by atoms with Crippen LogP contribution in [-0.4, -0.2) is 15.9 Å². The van der Waals surface area contributed by atoms with Gasteiger partial charge in [0.15, 0.2) is 0 Å². The van der Waals surface area contributed by atoms with Crippen molar-refractivity contribution in [2.75, 3.05) is 5.73 Å². The number of amides is 1. The van der Waals surface area contributed by atoms with E-state index in [0.717, 1.165) is 11.1 Å². The molecule has 2 rings (SSSR count). The van der Waals surface area contributed by atoms with Crippen molar-refractivity contribution in [1.82, 2.24) is 15.3 Å². The van der Waals surface area contributed by atoms with Crippen LogP contribution in [0.2, 0.25) is 0 Å². The van der Waals surface area contributed by atoms with Crippen molar-refractivity contribution < 1.29 is 4.79 Å². The maximum atomic E-state index is 11.7. The fourth-order valence-corrected chi connectivity index (χ4v) is 1.49. The number of aromatic nitrogens is 2. The molecule has 0 spiro atoms. The fraction of sp³-hybridized carbons (Fsp3) is 0.167. The highest BCUT2D eigenvalue weighted by Crippen LogP contribution is 2.06. The lowest BCUT2D eigenvalue weighted by Crippen LogP contribution is -2.23. The monoisotopic (exact) mass is 230 g/mol. The number of nitrogens with zero attached hydrogens (tertiary/aromatic N) is 1. The Hall–Kier alpha value is -2.30. The summed E-state index contributed by atoms with van der Waals surface area (Å²) in [5.41, 5.74) is 8.64. The van der Waals surface area contributed by atoms with E-state index >= 15 is 0 Å². The summed E-state index contributed by atoms with van der Waals surface area (Å²) in [5.74, 6) is -0.176. The number of anilines is 1. The van der Waals surface area contributed by atoms with Gasteiger partial charge in [0.25, 0.3) is 5.91 Å². The van der Waals surface area contributed by atoms with Crippen LogP contribution >= 0.6 is 0 Å². The van der Waals surface area contributed by atoms with Gasteiger partial charge < -0.3 is 16.0 Å². The zero-order chi connectivity index (χ0) is 12.3. The van der Waals surface area contributed by atoms with E-state index in [4.69, 9.17) is 5.73 Å². The van der Waals surface area contributed by atoms with Gasteiger partial charge in [-0.25, -0.2) is 0 Å². The number of pyridine rings is 1. The lowest BCUT2D eigenvalue weighted by atomic mass is 10.1. The van der Waals surface area contributed by atoms with E-state index in [1.54, 1.807) is 24.7 Å². The number of H-pyrrole nitrogens is 1. The standard InChI is InChI=1S/C12H14N4O/c1-8-2-3-14-5-9(8)6-16-12(17)11-4-10(13)7-15-11/h2-5,7,15H,6,13H2,1H3,(H,16,17). The first kappa shape index (κ1) is 11.2. The largest absolute Gasteiger partial charge is 0.397 e. The molecule has 17 heavy (non-hydrogen) atoms. The smallest absolute Gasteiger partial charge is 0.268 e. The molecule has 4 N–H and O–H groups in total. The Labute approximate surface area is 99.1 Å². The summed E-state index contributed by atoms with van der Waals surface area (Å²) in [6.45, 7) is 2.44. The number of aromatic amines is 1. The molecule has 0 saturated heterocycles. The molecule has 0 atom stereocenters.